The van der Waals surface area contributed by atoms with Gasteiger partial charge in [0.15, 0.2) is 11.0 Å². The molecule has 3 aromatic carbocycles. The molecule has 0 heterocycles. The van der Waals surface area contributed by atoms with Gasteiger partial charge in [-0.05, 0) is 65.9 Å². The molecule has 0 spiro atoms. The lowest BCUT2D eigenvalue weighted by molar-refractivity contribution is -0.117. The molecule has 3 rings (SSSR count). The summed E-state index contributed by atoms with van der Waals surface area (Å²) in [6.45, 7) is 3.33. The van der Waals surface area contributed by atoms with Gasteiger partial charge in [0.05, 0.1) is 26.2 Å². The molecule has 0 aliphatic heterocycles. The quantitative estimate of drug-likeness (QED) is 0.546. The highest BCUT2D eigenvalue weighted by Crippen LogP contribution is 2.37. The molecule has 6 nitrogen and oxygen atoms in total. The van der Waals surface area contributed by atoms with Crippen LogP contribution < -0.4 is 18.9 Å². The zero-order chi connectivity index (χ0) is 23.3. The molecule has 7 heteroatoms. The van der Waals surface area contributed by atoms with E-state index in [1.54, 1.807) is 33.5 Å². The Bertz CT molecular complexity index is 1140. The van der Waals surface area contributed by atoms with Crippen LogP contribution in [0, 0.1) is 6.92 Å². The number of carbonyl (C=O) groups is 1. The molecule has 0 aliphatic rings. The molecule has 1 atom stereocenters. The number of hydrogen-bond acceptors (Lipinski definition) is 5. The van der Waals surface area contributed by atoms with Crippen LogP contribution >= 0.6 is 0 Å². The molecular weight excluding hydrogens is 426 g/mol. The van der Waals surface area contributed by atoms with Crippen LogP contribution in [-0.4, -0.2) is 31.4 Å². The maximum atomic E-state index is 13.0. The van der Waals surface area contributed by atoms with Gasteiger partial charge >= 0.3 is 0 Å². The Balaban J connectivity index is 2.18. The van der Waals surface area contributed by atoms with Gasteiger partial charge in [0.25, 0.3) is 0 Å². The summed E-state index contributed by atoms with van der Waals surface area (Å²) >= 11 is 0. The van der Waals surface area contributed by atoms with Crippen molar-refractivity contribution in [2.75, 3.05) is 21.3 Å². The summed E-state index contributed by atoms with van der Waals surface area (Å²) in [5.74, 6) is 1.67. The van der Waals surface area contributed by atoms with Gasteiger partial charge in [-0.3, -0.25) is 9.52 Å². The lowest BCUT2D eigenvalue weighted by Gasteiger charge is -2.18. The van der Waals surface area contributed by atoms with Crippen LogP contribution in [0.15, 0.2) is 59.5 Å². The summed E-state index contributed by atoms with van der Waals surface area (Å²) in [4.78, 5) is 12.1. The van der Waals surface area contributed by atoms with E-state index in [1.165, 1.54) is 6.92 Å². The highest BCUT2D eigenvalue weighted by molar-refractivity contribution is 7.83. The summed E-state index contributed by atoms with van der Waals surface area (Å²) in [6, 6.07) is 17.2. The summed E-state index contributed by atoms with van der Waals surface area (Å²) in [6.07, 6.45) is 0.671. The fraction of sp³-hybridized carbons (Fsp3) is 0.240. The number of rotatable bonds is 8. The lowest BCUT2D eigenvalue weighted by atomic mass is 9.92. The van der Waals surface area contributed by atoms with E-state index in [2.05, 4.69) is 4.72 Å². The zero-order valence-corrected chi connectivity index (χ0v) is 19.7. The predicted octanol–water partition coefficient (Wildman–Crippen LogP) is 4.44. The standard InChI is InChI=1S/C25H27NO5S/c1-16-19(11-18-7-6-8-21(12-18)29-3)9-10-24(32(28)26-17(2)27)25(16)20-13-22(30-4)15-23(14-20)31-5/h6-10,12-15H,11H2,1-5H3,(H,26,27). The van der Waals surface area contributed by atoms with Crippen molar-refractivity contribution in [2.24, 2.45) is 0 Å². The van der Waals surface area contributed by atoms with Crippen molar-refractivity contribution in [3.05, 3.63) is 71.3 Å². The van der Waals surface area contributed by atoms with Gasteiger partial charge in [0.2, 0.25) is 5.91 Å². The lowest BCUT2D eigenvalue weighted by Crippen LogP contribution is -2.23. The molecule has 1 unspecified atom stereocenters. The van der Waals surface area contributed by atoms with Gasteiger partial charge < -0.3 is 14.2 Å². The first-order valence-electron chi connectivity index (χ1n) is 10.0. The van der Waals surface area contributed by atoms with E-state index in [9.17, 15) is 9.00 Å². The largest absolute Gasteiger partial charge is 0.497 e. The van der Waals surface area contributed by atoms with Gasteiger partial charge in [-0.15, -0.1) is 0 Å². The van der Waals surface area contributed by atoms with E-state index in [-0.39, 0.29) is 5.91 Å². The Hall–Kier alpha value is -3.32. The van der Waals surface area contributed by atoms with Crippen molar-refractivity contribution < 1.29 is 23.2 Å². The topological polar surface area (TPSA) is 73.9 Å². The Morgan fingerprint density at radius 3 is 2.16 bits per heavy atom. The number of amides is 1. The van der Waals surface area contributed by atoms with E-state index in [0.29, 0.717) is 22.8 Å². The number of benzene rings is 3. The molecular formula is C25H27NO5S. The second kappa shape index (κ2) is 10.3. The highest BCUT2D eigenvalue weighted by Gasteiger charge is 2.19. The molecule has 0 radical (unpaired) electrons. The SMILES string of the molecule is COc1cccc(Cc2ccc(S(=O)NC(C)=O)c(-c3cc(OC)cc(OC)c3)c2C)c1. The van der Waals surface area contributed by atoms with Crippen molar-refractivity contribution >= 4 is 16.9 Å². The molecule has 168 valence electrons. The van der Waals surface area contributed by atoms with Crippen molar-refractivity contribution in [2.45, 2.75) is 25.2 Å². The van der Waals surface area contributed by atoms with E-state index in [1.807, 2.05) is 49.4 Å². The van der Waals surface area contributed by atoms with Gasteiger partial charge in [-0.2, -0.15) is 0 Å². The first kappa shape index (κ1) is 23.3. The second-order valence-electron chi connectivity index (χ2n) is 7.28. The van der Waals surface area contributed by atoms with E-state index >= 15 is 0 Å². The minimum atomic E-state index is -1.71. The van der Waals surface area contributed by atoms with Crippen LogP contribution in [0.1, 0.15) is 23.6 Å². The third kappa shape index (κ3) is 5.29. The maximum Gasteiger partial charge on any atom is 0.228 e. The molecule has 0 aromatic heterocycles. The molecule has 0 bridgehead atoms. The summed E-state index contributed by atoms with van der Waals surface area (Å²) in [7, 11) is 3.10. The number of methoxy groups -OCH3 is 3. The van der Waals surface area contributed by atoms with E-state index < -0.39 is 11.0 Å². The zero-order valence-electron chi connectivity index (χ0n) is 18.9. The van der Waals surface area contributed by atoms with Crippen LogP contribution in [0.5, 0.6) is 17.2 Å². The number of nitrogens with one attached hydrogen (secondary N) is 1. The summed E-state index contributed by atoms with van der Waals surface area (Å²) in [5.41, 5.74) is 4.69. The molecule has 1 N–H and O–H groups in total. The van der Waals surface area contributed by atoms with Gasteiger partial charge in [-0.1, -0.05) is 18.2 Å². The van der Waals surface area contributed by atoms with Gasteiger partial charge in [-0.25, -0.2) is 4.21 Å². The predicted molar refractivity (Wildman–Crippen MR) is 126 cm³/mol. The number of ether oxygens (including phenoxy) is 3. The summed E-state index contributed by atoms with van der Waals surface area (Å²) < 4.78 is 31.7. The molecule has 3 aromatic rings. The average Bonchev–Trinajstić information content (AvgIpc) is 2.79. The molecule has 0 aliphatic carbocycles. The third-order valence-corrected chi connectivity index (χ3v) is 6.36. The molecule has 0 saturated carbocycles. The molecule has 0 fully saturated rings. The van der Waals surface area contributed by atoms with Gasteiger partial charge in [0.1, 0.15) is 17.2 Å². The van der Waals surface area contributed by atoms with Crippen LogP contribution in [0.25, 0.3) is 11.1 Å². The fourth-order valence-electron chi connectivity index (χ4n) is 3.57. The molecule has 1 amide bonds. The Labute approximate surface area is 191 Å². The van der Waals surface area contributed by atoms with Crippen LogP contribution in [0.2, 0.25) is 0 Å². The number of carbonyl (C=O) groups excluding carboxylic acids is 1. The Morgan fingerprint density at radius 2 is 1.56 bits per heavy atom. The van der Waals surface area contributed by atoms with Crippen LogP contribution in [0.4, 0.5) is 0 Å². The first-order valence-corrected chi connectivity index (χ1v) is 11.2. The smallest absolute Gasteiger partial charge is 0.228 e. The average molecular weight is 454 g/mol. The minimum Gasteiger partial charge on any atom is -0.497 e. The van der Waals surface area contributed by atoms with Crippen molar-refractivity contribution in [1.82, 2.24) is 4.72 Å². The van der Waals surface area contributed by atoms with Crippen molar-refractivity contribution in [3.63, 3.8) is 0 Å². The van der Waals surface area contributed by atoms with Crippen LogP contribution in [0.3, 0.4) is 0 Å². The van der Waals surface area contributed by atoms with Crippen molar-refractivity contribution in [1.29, 1.82) is 0 Å². The van der Waals surface area contributed by atoms with E-state index in [0.717, 1.165) is 33.6 Å². The molecule has 32 heavy (non-hydrogen) atoms. The summed E-state index contributed by atoms with van der Waals surface area (Å²) in [5, 5.41) is 0. The fourth-order valence-corrected chi connectivity index (χ4v) is 4.59. The normalized spacial score (nSPS) is 11.5. The third-order valence-electron chi connectivity index (χ3n) is 5.14. The maximum absolute atomic E-state index is 13.0. The minimum absolute atomic E-state index is 0.365. The van der Waals surface area contributed by atoms with Crippen LogP contribution in [-0.2, 0) is 22.2 Å². The number of hydrogen-bond donors (Lipinski definition) is 1. The monoisotopic (exact) mass is 453 g/mol. The second-order valence-corrected chi connectivity index (χ2v) is 8.46. The van der Waals surface area contributed by atoms with E-state index in [4.69, 9.17) is 14.2 Å². The first-order chi connectivity index (χ1) is 15.4. The highest BCUT2D eigenvalue weighted by atomic mass is 32.2. The van der Waals surface area contributed by atoms with Gasteiger partial charge in [0, 0.05) is 18.6 Å². The van der Waals surface area contributed by atoms with Crippen molar-refractivity contribution in [3.8, 4) is 28.4 Å². The Kier molecular flexibility index (Phi) is 7.53. The Morgan fingerprint density at radius 1 is 0.906 bits per heavy atom. The molecule has 0 saturated heterocycles.